The smallest absolute Gasteiger partial charge is 0.227 e. The summed E-state index contributed by atoms with van der Waals surface area (Å²) in [5.41, 5.74) is 2.90. The SMILES string of the molecule is Cc1ccc(NC(=O)C2CCC(C(=O)Nc3ccc(C#N)cc3)CC2)cc1Cl. The normalized spacial score (nSPS) is 18.8. The first kappa shape index (κ1) is 19.9. The molecule has 1 saturated carbocycles. The fraction of sp³-hybridized carbons (Fsp3) is 0.318. The first-order chi connectivity index (χ1) is 13.5. The minimum atomic E-state index is -0.103. The number of halogens is 1. The van der Waals surface area contributed by atoms with Crippen LogP contribution in [0.5, 0.6) is 0 Å². The Labute approximate surface area is 169 Å². The number of aryl methyl sites for hydroxylation is 1. The first-order valence-electron chi connectivity index (χ1n) is 9.34. The summed E-state index contributed by atoms with van der Waals surface area (Å²) < 4.78 is 0. The molecule has 2 aromatic rings. The van der Waals surface area contributed by atoms with Gasteiger partial charge in [0.05, 0.1) is 11.6 Å². The Kier molecular flexibility index (Phi) is 6.33. The van der Waals surface area contributed by atoms with Gasteiger partial charge in [0.15, 0.2) is 0 Å². The molecule has 6 heteroatoms. The van der Waals surface area contributed by atoms with E-state index in [4.69, 9.17) is 16.9 Å². The molecule has 1 fully saturated rings. The summed E-state index contributed by atoms with van der Waals surface area (Å²) in [4.78, 5) is 25.0. The molecule has 0 unspecified atom stereocenters. The maximum atomic E-state index is 12.5. The molecule has 0 saturated heterocycles. The van der Waals surface area contributed by atoms with E-state index in [-0.39, 0.29) is 23.7 Å². The number of amides is 2. The highest BCUT2D eigenvalue weighted by molar-refractivity contribution is 6.31. The standard InChI is InChI=1S/C22H22ClN3O2/c1-14-2-9-19(12-20(14)23)26-22(28)17-7-5-16(6-8-17)21(27)25-18-10-3-15(13-24)4-11-18/h2-4,9-12,16-17H,5-8H2,1H3,(H,25,27)(H,26,28). The highest BCUT2D eigenvalue weighted by Crippen LogP contribution is 2.31. The molecule has 1 aliphatic rings. The number of nitrogens with zero attached hydrogens (tertiary/aromatic N) is 1. The van der Waals surface area contributed by atoms with Crippen molar-refractivity contribution in [3.63, 3.8) is 0 Å². The van der Waals surface area contributed by atoms with Crippen LogP contribution in [0.25, 0.3) is 0 Å². The predicted octanol–water partition coefficient (Wildman–Crippen LogP) is 4.90. The van der Waals surface area contributed by atoms with Crippen molar-refractivity contribution < 1.29 is 9.59 Å². The van der Waals surface area contributed by atoms with Gasteiger partial charge in [0, 0.05) is 28.2 Å². The highest BCUT2D eigenvalue weighted by Gasteiger charge is 2.30. The quantitative estimate of drug-likeness (QED) is 0.772. The average molecular weight is 396 g/mol. The van der Waals surface area contributed by atoms with Crippen LogP contribution in [0.4, 0.5) is 11.4 Å². The van der Waals surface area contributed by atoms with Gasteiger partial charge in [-0.3, -0.25) is 9.59 Å². The molecule has 0 radical (unpaired) electrons. The Balaban J connectivity index is 1.50. The summed E-state index contributed by atoms with van der Waals surface area (Å²) in [6.07, 6.45) is 2.71. The molecule has 28 heavy (non-hydrogen) atoms. The number of carbonyl (C=O) groups excluding carboxylic acids is 2. The van der Waals surface area contributed by atoms with Crippen molar-refractivity contribution in [1.82, 2.24) is 0 Å². The van der Waals surface area contributed by atoms with E-state index in [1.54, 1.807) is 30.3 Å². The molecule has 2 amide bonds. The molecule has 5 nitrogen and oxygen atoms in total. The topological polar surface area (TPSA) is 82.0 Å². The summed E-state index contributed by atoms with van der Waals surface area (Å²) >= 11 is 6.11. The maximum Gasteiger partial charge on any atom is 0.227 e. The van der Waals surface area contributed by atoms with Crippen LogP contribution in [-0.2, 0) is 9.59 Å². The molecule has 0 bridgehead atoms. The van der Waals surface area contributed by atoms with Gasteiger partial charge in [-0.15, -0.1) is 0 Å². The monoisotopic (exact) mass is 395 g/mol. The van der Waals surface area contributed by atoms with Crippen molar-refractivity contribution >= 4 is 34.8 Å². The van der Waals surface area contributed by atoms with E-state index in [9.17, 15) is 9.59 Å². The van der Waals surface area contributed by atoms with Gasteiger partial charge in [-0.05, 0) is 74.6 Å². The van der Waals surface area contributed by atoms with Crippen molar-refractivity contribution in [2.24, 2.45) is 11.8 Å². The van der Waals surface area contributed by atoms with Gasteiger partial charge in [-0.2, -0.15) is 5.26 Å². The number of nitriles is 1. The van der Waals surface area contributed by atoms with Crippen molar-refractivity contribution in [2.75, 3.05) is 10.6 Å². The Morgan fingerprint density at radius 2 is 1.43 bits per heavy atom. The molecule has 2 N–H and O–H groups in total. The molecule has 144 valence electrons. The molecular formula is C22H22ClN3O2. The third-order valence-corrected chi connectivity index (χ3v) is 5.60. The van der Waals surface area contributed by atoms with E-state index in [0.717, 1.165) is 5.56 Å². The third kappa shape index (κ3) is 4.90. The Bertz CT molecular complexity index is 910. The van der Waals surface area contributed by atoms with Crippen molar-refractivity contribution in [2.45, 2.75) is 32.6 Å². The molecule has 2 aromatic carbocycles. The summed E-state index contributed by atoms with van der Waals surface area (Å²) in [6.45, 7) is 1.91. The van der Waals surface area contributed by atoms with Crippen LogP contribution in [0, 0.1) is 30.1 Å². The number of nitrogens with one attached hydrogen (secondary N) is 2. The van der Waals surface area contributed by atoms with E-state index in [1.165, 1.54) is 0 Å². The van der Waals surface area contributed by atoms with Gasteiger partial charge in [0.1, 0.15) is 0 Å². The number of benzene rings is 2. The van der Waals surface area contributed by atoms with Crippen molar-refractivity contribution in [1.29, 1.82) is 5.26 Å². The lowest BCUT2D eigenvalue weighted by Crippen LogP contribution is -2.32. The van der Waals surface area contributed by atoms with E-state index in [1.807, 2.05) is 19.1 Å². The number of rotatable bonds is 4. The Morgan fingerprint density at radius 1 is 0.929 bits per heavy atom. The Morgan fingerprint density at radius 3 is 1.93 bits per heavy atom. The zero-order chi connectivity index (χ0) is 20.1. The maximum absolute atomic E-state index is 12.5. The van der Waals surface area contributed by atoms with E-state index >= 15 is 0 Å². The molecule has 3 rings (SSSR count). The minimum absolute atomic E-state index is 0.0223. The van der Waals surface area contributed by atoms with Crippen molar-refractivity contribution in [3.05, 3.63) is 58.6 Å². The van der Waals surface area contributed by atoms with Gasteiger partial charge in [0.25, 0.3) is 0 Å². The van der Waals surface area contributed by atoms with Gasteiger partial charge < -0.3 is 10.6 Å². The van der Waals surface area contributed by atoms with Crippen LogP contribution in [0.2, 0.25) is 5.02 Å². The number of hydrogen-bond acceptors (Lipinski definition) is 3. The summed E-state index contributed by atoms with van der Waals surface area (Å²) in [6, 6.07) is 14.3. The summed E-state index contributed by atoms with van der Waals surface area (Å²) in [7, 11) is 0. The number of anilines is 2. The van der Waals surface area contributed by atoms with Crippen LogP contribution < -0.4 is 10.6 Å². The molecule has 0 aliphatic heterocycles. The highest BCUT2D eigenvalue weighted by atomic mass is 35.5. The molecule has 0 aromatic heterocycles. The van der Waals surface area contributed by atoms with Crippen LogP contribution in [0.3, 0.4) is 0 Å². The lowest BCUT2D eigenvalue weighted by atomic mass is 9.81. The molecule has 0 spiro atoms. The lowest BCUT2D eigenvalue weighted by molar-refractivity contribution is -0.125. The largest absolute Gasteiger partial charge is 0.326 e. The molecule has 0 atom stereocenters. The van der Waals surface area contributed by atoms with Crippen LogP contribution in [-0.4, -0.2) is 11.8 Å². The second-order valence-electron chi connectivity index (χ2n) is 7.18. The third-order valence-electron chi connectivity index (χ3n) is 5.19. The van der Waals surface area contributed by atoms with Crippen molar-refractivity contribution in [3.8, 4) is 6.07 Å². The van der Waals surface area contributed by atoms with Crippen LogP contribution in [0.1, 0.15) is 36.8 Å². The average Bonchev–Trinajstić information content (AvgIpc) is 2.71. The van der Waals surface area contributed by atoms with Gasteiger partial charge >= 0.3 is 0 Å². The second kappa shape index (κ2) is 8.90. The molecule has 1 aliphatic carbocycles. The second-order valence-corrected chi connectivity index (χ2v) is 7.59. The van der Waals surface area contributed by atoms with Gasteiger partial charge in [-0.1, -0.05) is 17.7 Å². The van der Waals surface area contributed by atoms with E-state index in [0.29, 0.717) is 47.6 Å². The number of carbonyl (C=O) groups is 2. The van der Waals surface area contributed by atoms with E-state index in [2.05, 4.69) is 16.7 Å². The Hall–Kier alpha value is -2.84. The van der Waals surface area contributed by atoms with E-state index < -0.39 is 0 Å². The van der Waals surface area contributed by atoms with Crippen LogP contribution in [0.15, 0.2) is 42.5 Å². The molecule has 0 heterocycles. The zero-order valence-corrected chi connectivity index (χ0v) is 16.4. The minimum Gasteiger partial charge on any atom is -0.326 e. The fourth-order valence-corrected chi connectivity index (χ4v) is 3.59. The van der Waals surface area contributed by atoms with Gasteiger partial charge in [-0.25, -0.2) is 0 Å². The number of hydrogen-bond donors (Lipinski definition) is 2. The summed E-state index contributed by atoms with van der Waals surface area (Å²) in [5.74, 6) is -0.257. The summed E-state index contributed by atoms with van der Waals surface area (Å²) in [5, 5.41) is 15.3. The van der Waals surface area contributed by atoms with Gasteiger partial charge in [0.2, 0.25) is 11.8 Å². The predicted molar refractivity (Wildman–Crippen MR) is 110 cm³/mol. The fourth-order valence-electron chi connectivity index (χ4n) is 3.41. The van der Waals surface area contributed by atoms with Crippen LogP contribution >= 0.6 is 11.6 Å². The first-order valence-corrected chi connectivity index (χ1v) is 9.72. The molecular weight excluding hydrogens is 374 g/mol. The zero-order valence-electron chi connectivity index (χ0n) is 15.7. The lowest BCUT2D eigenvalue weighted by Gasteiger charge is -2.27.